The molecule has 11 heteroatoms. The highest BCUT2D eigenvalue weighted by Crippen LogP contribution is 2.39. The number of nitrogens with one attached hydrogen (secondary N) is 1. The zero-order chi connectivity index (χ0) is 24.4. The number of imide groups is 1. The van der Waals surface area contributed by atoms with Crippen LogP contribution in [0.25, 0.3) is 6.08 Å². The second-order valence-electron chi connectivity index (χ2n) is 7.62. The Hall–Kier alpha value is -2.33. The molecule has 1 aliphatic carbocycles. The lowest BCUT2D eigenvalue weighted by Crippen LogP contribution is -2.36. The quantitative estimate of drug-likeness (QED) is 0.369. The van der Waals surface area contributed by atoms with Gasteiger partial charge in [-0.2, -0.15) is 0 Å². The van der Waals surface area contributed by atoms with Gasteiger partial charge >= 0.3 is 5.97 Å². The third-order valence-electron chi connectivity index (χ3n) is 5.33. The number of hydrogen-bond acceptors (Lipinski definition) is 7. The molecular weight excluding hydrogens is 519 g/mol. The van der Waals surface area contributed by atoms with Gasteiger partial charge < -0.3 is 10.1 Å². The zero-order valence-electron chi connectivity index (χ0n) is 18.1. The van der Waals surface area contributed by atoms with E-state index in [1.54, 1.807) is 19.1 Å². The third kappa shape index (κ3) is 5.17. The maximum absolute atomic E-state index is 12.8. The van der Waals surface area contributed by atoms with Crippen molar-refractivity contribution in [2.45, 2.75) is 32.6 Å². The van der Waals surface area contributed by atoms with Gasteiger partial charge in [-0.3, -0.25) is 19.3 Å². The summed E-state index contributed by atoms with van der Waals surface area (Å²) in [5, 5.41) is 3.34. The lowest BCUT2D eigenvalue weighted by molar-refractivity contribution is -0.127. The Kier molecular flexibility index (Phi) is 7.67. The smallest absolute Gasteiger partial charge is 0.341 e. The van der Waals surface area contributed by atoms with Crippen molar-refractivity contribution in [3.8, 4) is 0 Å². The molecule has 2 aromatic rings. The van der Waals surface area contributed by atoms with E-state index < -0.39 is 29.6 Å². The highest BCUT2D eigenvalue weighted by molar-refractivity contribution is 8.18. The number of ether oxygens (including phenoxy) is 1. The summed E-state index contributed by atoms with van der Waals surface area (Å²) in [7, 11) is 0. The van der Waals surface area contributed by atoms with E-state index in [1.165, 1.54) is 23.5 Å². The van der Waals surface area contributed by atoms with Crippen LogP contribution in [0.3, 0.4) is 0 Å². The van der Waals surface area contributed by atoms with Gasteiger partial charge in [0.2, 0.25) is 5.91 Å². The highest BCUT2D eigenvalue weighted by atomic mass is 35.5. The lowest BCUT2D eigenvalue weighted by atomic mass is 9.95. The van der Waals surface area contributed by atoms with Crippen LogP contribution in [0.4, 0.5) is 9.80 Å². The van der Waals surface area contributed by atoms with Gasteiger partial charge in [0, 0.05) is 14.9 Å². The standard InChI is InChI=1S/C23H20Cl2N2O5S2/c1-2-32-22(30)19-14-5-3-4-6-16(14)33-20(19)26-18(28)11-27-21(29)17(34-23(27)31)9-12-7-8-13(24)10-15(12)25/h7-10H,2-6,11H2,1H3,(H,26,28)/b17-9-. The van der Waals surface area contributed by atoms with Gasteiger partial charge in [0.25, 0.3) is 11.1 Å². The minimum absolute atomic E-state index is 0.154. The van der Waals surface area contributed by atoms with Gasteiger partial charge in [-0.05, 0) is 73.7 Å². The third-order valence-corrected chi connectivity index (χ3v) is 8.01. The molecule has 1 N–H and O–H groups in total. The van der Waals surface area contributed by atoms with Crippen molar-refractivity contribution in [3.63, 3.8) is 0 Å². The van der Waals surface area contributed by atoms with Crippen molar-refractivity contribution >= 4 is 80.4 Å². The maximum atomic E-state index is 12.8. The fourth-order valence-electron chi connectivity index (χ4n) is 3.78. The fraction of sp³-hybridized carbons (Fsp3) is 0.304. The number of rotatable bonds is 6. The molecule has 7 nitrogen and oxygen atoms in total. The summed E-state index contributed by atoms with van der Waals surface area (Å²) in [6, 6.07) is 4.80. The first-order valence-corrected chi connectivity index (χ1v) is 13.0. The molecule has 1 aromatic carbocycles. The fourth-order valence-corrected chi connectivity index (χ4v) is 6.36. The number of esters is 1. The summed E-state index contributed by atoms with van der Waals surface area (Å²) >= 11 is 14.1. The summed E-state index contributed by atoms with van der Waals surface area (Å²) in [6.07, 6.45) is 5.06. The number of hydrogen-bond donors (Lipinski definition) is 1. The van der Waals surface area contributed by atoms with Crippen LogP contribution in [0, 0.1) is 0 Å². The molecule has 0 bridgehead atoms. The molecule has 3 amide bonds. The molecule has 1 fully saturated rings. The van der Waals surface area contributed by atoms with E-state index >= 15 is 0 Å². The molecule has 0 spiro atoms. The van der Waals surface area contributed by atoms with Gasteiger partial charge in [0.05, 0.1) is 17.1 Å². The predicted octanol–water partition coefficient (Wildman–Crippen LogP) is 5.79. The number of nitrogens with zero attached hydrogens (tertiary/aromatic N) is 1. The maximum Gasteiger partial charge on any atom is 0.341 e. The Morgan fingerprint density at radius 2 is 1.97 bits per heavy atom. The first kappa shape index (κ1) is 24.8. The van der Waals surface area contributed by atoms with E-state index in [0.717, 1.165) is 52.8 Å². The molecule has 4 rings (SSSR count). The van der Waals surface area contributed by atoms with E-state index in [0.29, 0.717) is 26.2 Å². The van der Waals surface area contributed by atoms with Crippen LogP contribution in [0.2, 0.25) is 10.0 Å². The topological polar surface area (TPSA) is 92.8 Å². The number of anilines is 1. The number of aryl methyl sites for hydroxylation is 1. The van der Waals surface area contributed by atoms with Crippen molar-refractivity contribution in [2.75, 3.05) is 18.5 Å². The average molecular weight is 539 g/mol. The SMILES string of the molecule is CCOC(=O)c1c(NC(=O)CN2C(=O)S/C(=C\c3ccc(Cl)cc3Cl)C2=O)sc2c1CCCC2. The Bertz CT molecular complexity index is 1220. The molecule has 34 heavy (non-hydrogen) atoms. The Morgan fingerprint density at radius 3 is 2.71 bits per heavy atom. The number of carbonyl (C=O) groups is 4. The summed E-state index contributed by atoms with van der Waals surface area (Å²) < 4.78 is 5.20. The van der Waals surface area contributed by atoms with Crippen LogP contribution in [-0.2, 0) is 27.2 Å². The van der Waals surface area contributed by atoms with Crippen LogP contribution < -0.4 is 5.32 Å². The van der Waals surface area contributed by atoms with Gasteiger partial charge in [0.1, 0.15) is 11.5 Å². The van der Waals surface area contributed by atoms with Crippen LogP contribution in [0.1, 0.15) is 46.1 Å². The molecule has 1 saturated heterocycles. The van der Waals surface area contributed by atoms with Crippen molar-refractivity contribution in [3.05, 3.63) is 54.7 Å². The van der Waals surface area contributed by atoms with Gasteiger partial charge in [-0.15, -0.1) is 11.3 Å². The average Bonchev–Trinajstić information content (AvgIpc) is 3.27. The molecule has 0 radical (unpaired) electrons. The van der Waals surface area contributed by atoms with E-state index in [1.807, 2.05) is 0 Å². The summed E-state index contributed by atoms with van der Waals surface area (Å²) in [5.74, 6) is -1.64. The second kappa shape index (κ2) is 10.5. The van der Waals surface area contributed by atoms with Crippen LogP contribution in [0.5, 0.6) is 0 Å². The van der Waals surface area contributed by atoms with Crippen LogP contribution in [-0.4, -0.2) is 41.1 Å². The Balaban J connectivity index is 1.51. The largest absolute Gasteiger partial charge is 0.462 e. The van der Waals surface area contributed by atoms with E-state index in [9.17, 15) is 19.2 Å². The summed E-state index contributed by atoms with van der Waals surface area (Å²) in [5.41, 5.74) is 1.82. The first-order chi connectivity index (χ1) is 16.3. The number of fused-ring (bicyclic) bond motifs is 1. The molecule has 0 unspecified atom stereocenters. The molecule has 2 aliphatic rings. The minimum atomic E-state index is -0.591. The Labute approximate surface area is 214 Å². The van der Waals surface area contributed by atoms with Crippen molar-refractivity contribution in [1.82, 2.24) is 4.90 Å². The second-order valence-corrected chi connectivity index (χ2v) is 10.6. The number of benzene rings is 1. The van der Waals surface area contributed by atoms with Crippen molar-refractivity contribution < 1.29 is 23.9 Å². The van der Waals surface area contributed by atoms with Crippen molar-refractivity contribution in [2.24, 2.45) is 0 Å². The predicted molar refractivity (Wildman–Crippen MR) is 135 cm³/mol. The molecule has 1 aliphatic heterocycles. The van der Waals surface area contributed by atoms with Gasteiger partial charge in [-0.25, -0.2) is 4.79 Å². The lowest BCUT2D eigenvalue weighted by Gasteiger charge is -2.13. The highest BCUT2D eigenvalue weighted by Gasteiger charge is 2.37. The summed E-state index contributed by atoms with van der Waals surface area (Å²) in [6.45, 7) is 1.47. The monoisotopic (exact) mass is 538 g/mol. The van der Waals surface area contributed by atoms with E-state index in [-0.39, 0.29) is 11.5 Å². The molecular formula is C23H20Cl2N2O5S2. The zero-order valence-corrected chi connectivity index (χ0v) is 21.3. The molecule has 1 aromatic heterocycles. The number of carbonyl (C=O) groups excluding carboxylic acids is 4. The molecule has 0 saturated carbocycles. The molecule has 2 heterocycles. The molecule has 0 atom stereocenters. The van der Waals surface area contributed by atoms with E-state index in [4.69, 9.17) is 27.9 Å². The normalized spacial score (nSPS) is 16.7. The van der Waals surface area contributed by atoms with Gasteiger partial charge in [0.15, 0.2) is 0 Å². The minimum Gasteiger partial charge on any atom is -0.462 e. The summed E-state index contributed by atoms with van der Waals surface area (Å²) in [4.78, 5) is 52.7. The number of halogens is 2. The van der Waals surface area contributed by atoms with Crippen LogP contribution in [0.15, 0.2) is 23.1 Å². The first-order valence-electron chi connectivity index (χ1n) is 10.6. The van der Waals surface area contributed by atoms with Gasteiger partial charge in [-0.1, -0.05) is 29.3 Å². The number of amides is 3. The Morgan fingerprint density at radius 1 is 1.21 bits per heavy atom. The number of thiophene rings is 1. The van der Waals surface area contributed by atoms with Crippen LogP contribution >= 0.6 is 46.3 Å². The number of thioether (sulfide) groups is 1. The van der Waals surface area contributed by atoms with Crippen molar-refractivity contribution in [1.29, 1.82) is 0 Å². The molecule has 178 valence electrons. The van der Waals surface area contributed by atoms with E-state index in [2.05, 4.69) is 5.32 Å².